The van der Waals surface area contributed by atoms with Crippen LogP contribution in [-0.4, -0.2) is 29.3 Å². The van der Waals surface area contributed by atoms with Crippen LogP contribution in [0.5, 0.6) is 11.5 Å². The van der Waals surface area contributed by atoms with Crippen molar-refractivity contribution in [1.82, 2.24) is 5.32 Å². The van der Waals surface area contributed by atoms with E-state index >= 15 is 0 Å². The molecule has 1 saturated heterocycles. The van der Waals surface area contributed by atoms with Crippen LogP contribution in [0.25, 0.3) is 0 Å². The second kappa shape index (κ2) is 4.42. The summed E-state index contributed by atoms with van der Waals surface area (Å²) in [6.07, 6.45) is 1.28. The Morgan fingerprint density at radius 1 is 1.53 bits per heavy atom. The lowest BCUT2D eigenvalue weighted by atomic mass is 9.92. The standard InChI is InChI=1S/C14H17NO4/c1-7-4-11-9(2-3-19-11)12(13(7)16)10-5-8(6-15-10)14(17)18/h4,8,10,15-16H,2-3,5-6H2,1H3,(H,17,18). The molecule has 0 aliphatic carbocycles. The van der Waals surface area contributed by atoms with E-state index in [1.165, 1.54) is 0 Å². The Bertz CT molecular complexity index is 541. The summed E-state index contributed by atoms with van der Waals surface area (Å²) in [5, 5.41) is 22.6. The summed E-state index contributed by atoms with van der Waals surface area (Å²) >= 11 is 0. The number of carbonyl (C=O) groups is 1. The van der Waals surface area contributed by atoms with Crippen molar-refractivity contribution >= 4 is 5.97 Å². The first-order chi connectivity index (χ1) is 9.08. The second-order valence-electron chi connectivity index (χ2n) is 5.26. The van der Waals surface area contributed by atoms with Crippen molar-refractivity contribution in [3.63, 3.8) is 0 Å². The SMILES string of the molecule is Cc1cc2c(c(C3CC(C(=O)O)CN3)c1O)CCO2. The molecule has 0 bridgehead atoms. The molecule has 1 aromatic rings. The zero-order valence-electron chi connectivity index (χ0n) is 10.8. The number of phenols is 1. The Labute approximate surface area is 111 Å². The summed E-state index contributed by atoms with van der Waals surface area (Å²) in [7, 11) is 0. The summed E-state index contributed by atoms with van der Waals surface area (Å²) in [5.74, 6) is -0.0726. The van der Waals surface area contributed by atoms with Gasteiger partial charge in [-0.3, -0.25) is 4.79 Å². The van der Waals surface area contributed by atoms with E-state index in [4.69, 9.17) is 9.84 Å². The number of nitrogens with one attached hydrogen (secondary N) is 1. The number of ether oxygens (including phenoxy) is 1. The van der Waals surface area contributed by atoms with E-state index in [0.717, 1.165) is 28.9 Å². The summed E-state index contributed by atoms with van der Waals surface area (Å²) in [5.41, 5.74) is 2.62. The van der Waals surface area contributed by atoms with Gasteiger partial charge in [0.15, 0.2) is 0 Å². The van der Waals surface area contributed by atoms with Gasteiger partial charge in [-0.1, -0.05) is 0 Å². The van der Waals surface area contributed by atoms with Crippen LogP contribution in [-0.2, 0) is 11.2 Å². The Kier molecular flexibility index (Phi) is 2.86. The second-order valence-corrected chi connectivity index (χ2v) is 5.26. The lowest BCUT2D eigenvalue weighted by Crippen LogP contribution is -2.17. The molecule has 0 aromatic heterocycles. The highest BCUT2D eigenvalue weighted by molar-refractivity contribution is 5.71. The molecule has 5 heteroatoms. The van der Waals surface area contributed by atoms with E-state index in [-0.39, 0.29) is 17.7 Å². The van der Waals surface area contributed by atoms with E-state index in [0.29, 0.717) is 19.6 Å². The van der Waals surface area contributed by atoms with Crippen molar-refractivity contribution in [2.24, 2.45) is 5.92 Å². The van der Waals surface area contributed by atoms with Crippen LogP contribution < -0.4 is 10.1 Å². The highest BCUT2D eigenvalue weighted by Crippen LogP contribution is 2.43. The molecule has 102 valence electrons. The number of aryl methyl sites for hydroxylation is 1. The molecular weight excluding hydrogens is 246 g/mol. The summed E-state index contributed by atoms with van der Waals surface area (Å²) in [6, 6.07) is 1.75. The fourth-order valence-electron chi connectivity index (χ4n) is 3.01. The van der Waals surface area contributed by atoms with Gasteiger partial charge in [-0.05, 0) is 25.0 Å². The van der Waals surface area contributed by atoms with Crippen molar-refractivity contribution in [3.05, 3.63) is 22.8 Å². The minimum atomic E-state index is -0.782. The normalized spacial score (nSPS) is 25.1. The Balaban J connectivity index is 1.99. The Hall–Kier alpha value is -1.75. The maximum atomic E-state index is 11.0. The van der Waals surface area contributed by atoms with Crippen molar-refractivity contribution in [1.29, 1.82) is 0 Å². The molecule has 2 atom stereocenters. The maximum absolute atomic E-state index is 11.0. The van der Waals surface area contributed by atoms with E-state index < -0.39 is 5.97 Å². The van der Waals surface area contributed by atoms with Crippen LogP contribution >= 0.6 is 0 Å². The third-order valence-electron chi connectivity index (χ3n) is 4.04. The molecule has 5 nitrogen and oxygen atoms in total. The molecule has 2 aliphatic rings. The molecule has 2 aliphatic heterocycles. The average Bonchev–Trinajstić information content (AvgIpc) is 2.99. The largest absolute Gasteiger partial charge is 0.507 e. The molecule has 1 fully saturated rings. The summed E-state index contributed by atoms with van der Waals surface area (Å²) in [4.78, 5) is 11.0. The van der Waals surface area contributed by atoms with Gasteiger partial charge in [-0.15, -0.1) is 0 Å². The van der Waals surface area contributed by atoms with Crippen molar-refractivity contribution < 1.29 is 19.7 Å². The molecule has 2 unspecified atom stereocenters. The zero-order valence-corrected chi connectivity index (χ0v) is 10.8. The lowest BCUT2D eigenvalue weighted by Gasteiger charge is -2.18. The fourth-order valence-corrected chi connectivity index (χ4v) is 3.01. The van der Waals surface area contributed by atoms with Gasteiger partial charge in [0.05, 0.1) is 12.5 Å². The number of hydrogen-bond acceptors (Lipinski definition) is 4. The van der Waals surface area contributed by atoms with Gasteiger partial charge < -0.3 is 20.3 Å². The van der Waals surface area contributed by atoms with Gasteiger partial charge in [0.1, 0.15) is 11.5 Å². The topological polar surface area (TPSA) is 78.8 Å². The predicted molar refractivity (Wildman–Crippen MR) is 68.5 cm³/mol. The minimum absolute atomic E-state index is 0.101. The number of aliphatic carboxylic acids is 1. The molecule has 0 spiro atoms. The number of aromatic hydroxyl groups is 1. The number of fused-ring (bicyclic) bond motifs is 1. The molecule has 0 saturated carbocycles. The lowest BCUT2D eigenvalue weighted by molar-refractivity contribution is -0.141. The van der Waals surface area contributed by atoms with Gasteiger partial charge >= 0.3 is 5.97 Å². The highest BCUT2D eigenvalue weighted by Gasteiger charge is 2.35. The number of phenolic OH excluding ortho intramolecular Hbond substituents is 1. The first-order valence-electron chi connectivity index (χ1n) is 6.52. The molecule has 2 heterocycles. The van der Waals surface area contributed by atoms with Gasteiger partial charge in [0, 0.05) is 30.1 Å². The number of rotatable bonds is 2. The third-order valence-corrected chi connectivity index (χ3v) is 4.04. The Morgan fingerprint density at radius 3 is 3.00 bits per heavy atom. The van der Waals surface area contributed by atoms with Crippen molar-refractivity contribution in [3.8, 4) is 11.5 Å². The quantitative estimate of drug-likeness (QED) is 0.751. The highest BCUT2D eigenvalue weighted by atomic mass is 16.5. The molecule has 0 amide bonds. The molecule has 19 heavy (non-hydrogen) atoms. The van der Waals surface area contributed by atoms with Crippen LogP contribution in [0.15, 0.2) is 6.07 Å². The number of carboxylic acids is 1. The van der Waals surface area contributed by atoms with E-state index in [9.17, 15) is 9.90 Å². The predicted octanol–water partition coefficient (Wildman–Crippen LogP) is 1.37. The minimum Gasteiger partial charge on any atom is -0.507 e. The van der Waals surface area contributed by atoms with E-state index in [1.807, 2.05) is 13.0 Å². The van der Waals surface area contributed by atoms with Crippen LogP contribution in [0, 0.1) is 12.8 Å². The number of benzene rings is 1. The zero-order chi connectivity index (χ0) is 13.6. The van der Waals surface area contributed by atoms with Gasteiger partial charge in [0.25, 0.3) is 0 Å². The molecule has 3 rings (SSSR count). The summed E-state index contributed by atoms with van der Waals surface area (Å²) < 4.78 is 5.55. The van der Waals surface area contributed by atoms with Gasteiger partial charge in [-0.25, -0.2) is 0 Å². The summed E-state index contributed by atoms with van der Waals surface area (Å²) in [6.45, 7) is 2.91. The molecule has 3 N–H and O–H groups in total. The molecular formula is C14H17NO4. The molecule has 0 radical (unpaired) electrons. The van der Waals surface area contributed by atoms with E-state index in [1.54, 1.807) is 0 Å². The monoisotopic (exact) mass is 263 g/mol. The van der Waals surface area contributed by atoms with Crippen LogP contribution in [0.3, 0.4) is 0 Å². The first kappa shape index (κ1) is 12.3. The number of hydrogen-bond donors (Lipinski definition) is 3. The third kappa shape index (κ3) is 1.94. The van der Waals surface area contributed by atoms with E-state index in [2.05, 4.69) is 5.32 Å². The van der Waals surface area contributed by atoms with Gasteiger partial charge in [-0.2, -0.15) is 0 Å². The fraction of sp³-hybridized carbons (Fsp3) is 0.500. The maximum Gasteiger partial charge on any atom is 0.307 e. The Morgan fingerprint density at radius 2 is 2.32 bits per heavy atom. The smallest absolute Gasteiger partial charge is 0.307 e. The van der Waals surface area contributed by atoms with Crippen molar-refractivity contribution in [2.75, 3.05) is 13.2 Å². The first-order valence-corrected chi connectivity index (χ1v) is 6.52. The van der Waals surface area contributed by atoms with Crippen LogP contribution in [0.1, 0.15) is 29.2 Å². The average molecular weight is 263 g/mol. The van der Waals surface area contributed by atoms with Crippen molar-refractivity contribution in [2.45, 2.75) is 25.8 Å². The number of carboxylic acid groups (broad SMARTS) is 1. The molecule has 1 aromatic carbocycles. The van der Waals surface area contributed by atoms with Crippen LogP contribution in [0.2, 0.25) is 0 Å². The van der Waals surface area contributed by atoms with Crippen LogP contribution in [0.4, 0.5) is 0 Å². The van der Waals surface area contributed by atoms with Gasteiger partial charge in [0.2, 0.25) is 0 Å².